The van der Waals surface area contributed by atoms with Crippen LogP contribution in [0.4, 0.5) is 11.4 Å². The predicted octanol–water partition coefficient (Wildman–Crippen LogP) is 4.97. The molecule has 0 aliphatic rings. The van der Waals surface area contributed by atoms with Crippen LogP contribution in [-0.4, -0.2) is 22.5 Å². The van der Waals surface area contributed by atoms with E-state index in [0.29, 0.717) is 26.9 Å². The van der Waals surface area contributed by atoms with E-state index >= 15 is 0 Å². The average Bonchev–Trinajstić information content (AvgIpc) is 2.79. The van der Waals surface area contributed by atoms with Gasteiger partial charge in [0.2, 0.25) is 0 Å². The monoisotopic (exact) mass is 507 g/mol. The normalized spacial score (nSPS) is 10.9. The third-order valence-corrected chi connectivity index (χ3v) is 5.04. The van der Waals surface area contributed by atoms with Crippen molar-refractivity contribution in [3.63, 3.8) is 0 Å². The number of nitro groups is 1. The molecule has 0 radical (unpaired) electrons. The summed E-state index contributed by atoms with van der Waals surface area (Å²) in [5.74, 6) is -1.22. The molecule has 0 fully saturated rings. The minimum Gasteiger partial charge on any atom is -0.321 e. The van der Waals surface area contributed by atoms with Crippen molar-refractivity contribution >= 4 is 51.0 Å². The van der Waals surface area contributed by atoms with E-state index in [1.165, 1.54) is 37.3 Å². The number of carbonyl (C=O) groups is 3. The molecule has 0 spiro atoms. The first kappa shape index (κ1) is 23.6. The smallest absolute Gasteiger partial charge is 0.272 e. The third kappa shape index (κ3) is 6.44. The van der Waals surface area contributed by atoms with Crippen LogP contribution in [0.5, 0.6) is 0 Å². The SMILES string of the molecule is CC(=O)c1ccc(NC(=O)C(=Cc2ccc([N+](=O)[O-])cc2)NC(=O)c2cccc(Br)c2)cc1. The van der Waals surface area contributed by atoms with Gasteiger partial charge in [0, 0.05) is 33.4 Å². The van der Waals surface area contributed by atoms with Crippen LogP contribution in [0.25, 0.3) is 6.08 Å². The first-order valence-electron chi connectivity index (χ1n) is 9.68. The van der Waals surface area contributed by atoms with Gasteiger partial charge in [-0.3, -0.25) is 24.5 Å². The molecule has 166 valence electrons. The largest absolute Gasteiger partial charge is 0.321 e. The maximum Gasteiger partial charge on any atom is 0.272 e. The molecule has 0 atom stereocenters. The molecule has 0 saturated carbocycles. The lowest BCUT2D eigenvalue weighted by Crippen LogP contribution is -2.30. The van der Waals surface area contributed by atoms with E-state index in [-0.39, 0.29) is 17.2 Å². The summed E-state index contributed by atoms with van der Waals surface area (Å²) in [5, 5.41) is 16.2. The Morgan fingerprint density at radius 1 is 0.939 bits per heavy atom. The average molecular weight is 508 g/mol. The van der Waals surface area contributed by atoms with Gasteiger partial charge in [0.05, 0.1) is 4.92 Å². The van der Waals surface area contributed by atoms with Gasteiger partial charge >= 0.3 is 0 Å². The molecule has 3 aromatic rings. The fourth-order valence-corrected chi connectivity index (χ4v) is 3.23. The molecule has 0 unspecified atom stereocenters. The van der Waals surface area contributed by atoms with E-state index in [9.17, 15) is 24.5 Å². The Bertz CT molecular complexity index is 1250. The maximum atomic E-state index is 13.0. The Kier molecular flexibility index (Phi) is 7.47. The van der Waals surface area contributed by atoms with E-state index in [4.69, 9.17) is 0 Å². The fraction of sp³-hybridized carbons (Fsp3) is 0.0417. The molecule has 0 aliphatic carbocycles. The van der Waals surface area contributed by atoms with Gasteiger partial charge in [-0.2, -0.15) is 0 Å². The van der Waals surface area contributed by atoms with Crippen molar-refractivity contribution in [1.82, 2.24) is 5.32 Å². The van der Waals surface area contributed by atoms with Gasteiger partial charge in [0.15, 0.2) is 5.78 Å². The van der Waals surface area contributed by atoms with Crippen molar-refractivity contribution in [3.8, 4) is 0 Å². The number of benzene rings is 3. The number of nitrogens with zero attached hydrogens (tertiary/aromatic N) is 1. The highest BCUT2D eigenvalue weighted by Gasteiger charge is 2.16. The van der Waals surface area contributed by atoms with Gasteiger partial charge in [-0.15, -0.1) is 0 Å². The zero-order valence-corrected chi connectivity index (χ0v) is 19.0. The number of Topliss-reactive ketones (excluding diaryl/α,β-unsaturated/α-hetero) is 1. The second-order valence-electron chi connectivity index (χ2n) is 6.96. The molecular formula is C24H18BrN3O5. The summed E-state index contributed by atoms with van der Waals surface area (Å²) >= 11 is 3.31. The van der Waals surface area contributed by atoms with Crippen molar-refractivity contribution in [1.29, 1.82) is 0 Å². The summed E-state index contributed by atoms with van der Waals surface area (Å²) in [5.41, 5.74) is 1.57. The molecule has 2 N–H and O–H groups in total. The number of carbonyl (C=O) groups excluding carboxylic acids is 3. The molecule has 0 heterocycles. The molecule has 8 nitrogen and oxygen atoms in total. The number of nitro benzene ring substituents is 1. The molecule has 3 rings (SSSR count). The topological polar surface area (TPSA) is 118 Å². The Labute approximate surface area is 197 Å². The van der Waals surface area contributed by atoms with Crippen molar-refractivity contribution in [2.45, 2.75) is 6.92 Å². The molecule has 0 bridgehead atoms. The van der Waals surface area contributed by atoms with Crippen LogP contribution in [0.1, 0.15) is 33.2 Å². The number of ketones is 1. The van der Waals surface area contributed by atoms with Gasteiger partial charge in [0.1, 0.15) is 5.70 Å². The molecule has 33 heavy (non-hydrogen) atoms. The Balaban J connectivity index is 1.89. The predicted molar refractivity (Wildman–Crippen MR) is 128 cm³/mol. The quantitative estimate of drug-likeness (QED) is 0.202. The molecule has 2 amide bonds. The van der Waals surface area contributed by atoms with Crippen LogP contribution in [0, 0.1) is 10.1 Å². The second-order valence-corrected chi connectivity index (χ2v) is 7.87. The first-order chi connectivity index (χ1) is 15.7. The summed E-state index contributed by atoms with van der Waals surface area (Å²) in [4.78, 5) is 47.5. The fourth-order valence-electron chi connectivity index (χ4n) is 2.83. The highest BCUT2D eigenvalue weighted by atomic mass is 79.9. The van der Waals surface area contributed by atoms with E-state index in [2.05, 4.69) is 26.6 Å². The summed E-state index contributed by atoms with van der Waals surface area (Å²) in [6, 6.07) is 18.5. The van der Waals surface area contributed by atoms with Crippen LogP contribution < -0.4 is 10.6 Å². The number of non-ortho nitro benzene ring substituents is 1. The summed E-state index contributed by atoms with van der Waals surface area (Å²) in [6.45, 7) is 1.44. The number of hydrogen-bond acceptors (Lipinski definition) is 5. The molecule has 3 aromatic carbocycles. The lowest BCUT2D eigenvalue weighted by Gasteiger charge is -2.12. The van der Waals surface area contributed by atoms with Crippen LogP contribution in [0.15, 0.2) is 83.0 Å². The van der Waals surface area contributed by atoms with Crippen molar-refractivity contribution in [3.05, 3.63) is 110 Å². The molecule has 0 aliphatic heterocycles. The first-order valence-corrected chi connectivity index (χ1v) is 10.5. The second kappa shape index (κ2) is 10.5. The van der Waals surface area contributed by atoms with Crippen LogP contribution in [0.3, 0.4) is 0 Å². The molecule has 9 heteroatoms. The van der Waals surface area contributed by atoms with Crippen LogP contribution in [-0.2, 0) is 4.79 Å². The van der Waals surface area contributed by atoms with Gasteiger partial charge in [-0.25, -0.2) is 0 Å². The van der Waals surface area contributed by atoms with E-state index < -0.39 is 16.7 Å². The van der Waals surface area contributed by atoms with Gasteiger partial charge < -0.3 is 10.6 Å². The highest BCUT2D eigenvalue weighted by molar-refractivity contribution is 9.10. The maximum absolute atomic E-state index is 13.0. The number of halogens is 1. The number of hydrogen-bond donors (Lipinski definition) is 2. The van der Waals surface area contributed by atoms with Crippen molar-refractivity contribution in [2.75, 3.05) is 5.32 Å². The number of amides is 2. The zero-order valence-electron chi connectivity index (χ0n) is 17.4. The highest BCUT2D eigenvalue weighted by Crippen LogP contribution is 2.17. The van der Waals surface area contributed by atoms with Gasteiger partial charge in [0.25, 0.3) is 17.5 Å². The Morgan fingerprint density at radius 3 is 2.18 bits per heavy atom. The third-order valence-electron chi connectivity index (χ3n) is 4.54. The standard InChI is InChI=1S/C24H18BrN3O5/c1-15(29)17-7-9-20(10-8-17)26-24(31)22(13-16-5-11-21(12-6-16)28(32)33)27-23(30)18-3-2-4-19(25)14-18/h2-14H,1H3,(H,26,31)(H,27,30). The zero-order chi connectivity index (χ0) is 24.0. The Hall–Kier alpha value is -4.11. The van der Waals surface area contributed by atoms with Crippen molar-refractivity contribution < 1.29 is 19.3 Å². The van der Waals surface area contributed by atoms with Crippen molar-refractivity contribution in [2.24, 2.45) is 0 Å². The van der Waals surface area contributed by atoms with Gasteiger partial charge in [-0.1, -0.05) is 22.0 Å². The lowest BCUT2D eigenvalue weighted by molar-refractivity contribution is -0.384. The van der Waals surface area contributed by atoms with E-state index in [0.717, 1.165) is 0 Å². The molecule has 0 saturated heterocycles. The van der Waals surface area contributed by atoms with E-state index in [1.54, 1.807) is 48.5 Å². The van der Waals surface area contributed by atoms with Gasteiger partial charge in [-0.05, 0) is 73.2 Å². The van der Waals surface area contributed by atoms with Crippen LogP contribution >= 0.6 is 15.9 Å². The summed E-state index contributed by atoms with van der Waals surface area (Å²) in [7, 11) is 0. The Morgan fingerprint density at radius 2 is 1.61 bits per heavy atom. The summed E-state index contributed by atoms with van der Waals surface area (Å²) in [6.07, 6.45) is 1.42. The lowest BCUT2D eigenvalue weighted by atomic mass is 10.1. The minimum absolute atomic E-state index is 0.0653. The number of nitrogens with one attached hydrogen (secondary N) is 2. The van der Waals surface area contributed by atoms with Crippen LogP contribution in [0.2, 0.25) is 0 Å². The summed E-state index contributed by atoms with van der Waals surface area (Å²) < 4.78 is 0.700. The number of rotatable bonds is 7. The minimum atomic E-state index is -0.604. The molecule has 0 aromatic heterocycles. The number of anilines is 1. The van der Waals surface area contributed by atoms with E-state index in [1.807, 2.05) is 0 Å². The molecular weight excluding hydrogens is 490 g/mol.